The smallest absolute Gasteiger partial charge is 0.285 e. The second kappa shape index (κ2) is 7.81. The summed E-state index contributed by atoms with van der Waals surface area (Å²) in [6.45, 7) is 2.04. The van der Waals surface area contributed by atoms with Gasteiger partial charge in [-0.1, -0.05) is 89.7 Å². The lowest BCUT2D eigenvalue weighted by molar-refractivity contribution is 0.596. The molecule has 1 heterocycles. The maximum atomic E-state index is 12.8. The predicted octanol–water partition coefficient (Wildman–Crippen LogP) is 5.02. The van der Waals surface area contributed by atoms with Crippen LogP contribution in [0, 0.1) is 6.92 Å². The highest BCUT2D eigenvalue weighted by Gasteiger charge is 2.18. The van der Waals surface area contributed by atoms with Gasteiger partial charge in [0.05, 0.1) is 15.5 Å². The van der Waals surface area contributed by atoms with E-state index >= 15 is 0 Å². The van der Waals surface area contributed by atoms with Gasteiger partial charge in [0.2, 0.25) is 4.80 Å². The van der Waals surface area contributed by atoms with Gasteiger partial charge in [0.25, 0.3) is 10.0 Å². The molecule has 0 atom stereocenters. The molecule has 0 aliphatic heterocycles. The van der Waals surface area contributed by atoms with Crippen LogP contribution in [0.4, 0.5) is 0 Å². The van der Waals surface area contributed by atoms with Crippen LogP contribution in [0.15, 0.2) is 94.2 Å². The van der Waals surface area contributed by atoms with Crippen molar-refractivity contribution in [1.29, 1.82) is 0 Å². The first-order valence-electron chi connectivity index (χ1n) is 9.14. The first-order chi connectivity index (χ1) is 14.0. The van der Waals surface area contributed by atoms with Crippen molar-refractivity contribution in [3.63, 3.8) is 0 Å². The van der Waals surface area contributed by atoms with Gasteiger partial charge in [-0.2, -0.15) is 8.42 Å². The van der Waals surface area contributed by atoms with Crippen LogP contribution in [0.5, 0.6) is 0 Å². The lowest BCUT2D eigenvalue weighted by Gasteiger charge is -2.08. The molecule has 4 nitrogen and oxygen atoms in total. The summed E-state index contributed by atoms with van der Waals surface area (Å²) in [4.78, 5) is 1.61. The van der Waals surface area contributed by atoms with Crippen molar-refractivity contribution >= 4 is 21.4 Å². The highest BCUT2D eigenvalue weighted by molar-refractivity contribution is 7.90. The topological polar surface area (TPSA) is 51.4 Å². The summed E-state index contributed by atoms with van der Waals surface area (Å²) >= 11 is 1.38. The molecule has 0 fully saturated rings. The van der Waals surface area contributed by atoms with Gasteiger partial charge in [-0.05, 0) is 30.2 Å². The molecule has 1 aromatic heterocycles. The quantitative estimate of drug-likeness (QED) is 0.465. The summed E-state index contributed by atoms with van der Waals surface area (Å²) in [7, 11) is -1.94. The normalized spacial score (nSPS) is 12.3. The number of nitrogens with zero attached hydrogens (tertiary/aromatic N) is 2. The third kappa shape index (κ3) is 3.95. The number of sulfonamides is 1. The van der Waals surface area contributed by atoms with Gasteiger partial charge < -0.3 is 4.57 Å². The van der Waals surface area contributed by atoms with E-state index in [1.54, 1.807) is 30.3 Å². The van der Waals surface area contributed by atoms with Crippen molar-refractivity contribution in [1.82, 2.24) is 4.57 Å². The van der Waals surface area contributed by atoms with Gasteiger partial charge in [-0.25, -0.2) is 0 Å². The summed E-state index contributed by atoms with van der Waals surface area (Å²) < 4.78 is 31.7. The van der Waals surface area contributed by atoms with E-state index in [2.05, 4.69) is 28.7 Å². The first kappa shape index (κ1) is 19.4. The van der Waals surface area contributed by atoms with Crippen LogP contribution in [-0.4, -0.2) is 13.0 Å². The van der Waals surface area contributed by atoms with E-state index in [-0.39, 0.29) is 4.90 Å². The monoisotopic (exact) mass is 420 g/mol. The van der Waals surface area contributed by atoms with Crippen molar-refractivity contribution in [2.75, 3.05) is 0 Å². The predicted molar refractivity (Wildman–Crippen MR) is 118 cm³/mol. The van der Waals surface area contributed by atoms with E-state index < -0.39 is 10.0 Å². The van der Waals surface area contributed by atoms with E-state index in [1.165, 1.54) is 16.9 Å². The van der Waals surface area contributed by atoms with E-state index in [9.17, 15) is 8.42 Å². The third-order valence-corrected chi connectivity index (χ3v) is 7.21. The average molecular weight is 421 g/mol. The van der Waals surface area contributed by atoms with Crippen molar-refractivity contribution < 1.29 is 8.42 Å². The molecule has 3 aromatic carbocycles. The van der Waals surface area contributed by atoms with Gasteiger partial charge in [0.15, 0.2) is 0 Å². The number of hydrogen-bond acceptors (Lipinski definition) is 3. The Balaban J connectivity index is 1.97. The van der Waals surface area contributed by atoms with E-state index in [0.717, 1.165) is 21.7 Å². The fourth-order valence-corrected chi connectivity index (χ4v) is 5.50. The fraction of sp³-hybridized carbons (Fsp3) is 0.0870. The minimum absolute atomic E-state index is 0.187. The highest BCUT2D eigenvalue weighted by Crippen LogP contribution is 2.34. The number of aryl methyl sites for hydroxylation is 1. The standard InChI is InChI=1S/C23H20N2O2S2/c1-17-13-15-18(16-14-17)21-22(19-9-5-3-6-10-19)28-23(25(21)2)24-29(26,27)20-11-7-4-8-12-20/h3-16H,1-2H3. The zero-order chi connectivity index (χ0) is 20.4. The number of benzene rings is 3. The molecule has 146 valence electrons. The van der Waals surface area contributed by atoms with Crippen molar-refractivity contribution in [3.05, 3.63) is 95.3 Å². The minimum atomic E-state index is -3.80. The van der Waals surface area contributed by atoms with Gasteiger partial charge in [0, 0.05) is 7.05 Å². The van der Waals surface area contributed by atoms with Crippen LogP contribution >= 0.6 is 11.3 Å². The first-order valence-corrected chi connectivity index (χ1v) is 11.4. The molecule has 6 heteroatoms. The molecule has 29 heavy (non-hydrogen) atoms. The summed E-state index contributed by atoms with van der Waals surface area (Å²) in [5.41, 5.74) is 4.17. The molecule has 0 aliphatic carbocycles. The Morgan fingerprint density at radius 2 is 1.38 bits per heavy atom. The highest BCUT2D eigenvalue weighted by atomic mass is 32.2. The number of thiazole rings is 1. The molecule has 0 aliphatic rings. The third-order valence-electron chi connectivity index (χ3n) is 4.63. The van der Waals surface area contributed by atoms with Crippen LogP contribution in [0.25, 0.3) is 21.7 Å². The van der Waals surface area contributed by atoms with Crippen LogP contribution < -0.4 is 4.80 Å². The van der Waals surface area contributed by atoms with Gasteiger partial charge >= 0.3 is 0 Å². The molecule has 0 amide bonds. The number of hydrogen-bond donors (Lipinski definition) is 0. The Bertz CT molecular complexity index is 1300. The molecular formula is C23H20N2O2S2. The molecule has 0 radical (unpaired) electrons. The van der Waals surface area contributed by atoms with Crippen LogP contribution in [0.2, 0.25) is 0 Å². The SMILES string of the molecule is Cc1ccc(-c2c(-c3ccccc3)sc(=NS(=O)(=O)c3ccccc3)n2C)cc1. The van der Waals surface area contributed by atoms with E-state index in [1.807, 2.05) is 48.9 Å². The molecular weight excluding hydrogens is 400 g/mol. The summed E-state index contributed by atoms with van der Waals surface area (Å²) in [6, 6.07) is 26.5. The summed E-state index contributed by atoms with van der Waals surface area (Å²) in [6.07, 6.45) is 0. The largest absolute Gasteiger partial charge is 0.318 e. The molecule has 4 aromatic rings. The van der Waals surface area contributed by atoms with E-state index in [4.69, 9.17) is 0 Å². The Labute approximate surface area is 174 Å². The van der Waals surface area contributed by atoms with Crippen molar-refractivity contribution in [3.8, 4) is 21.7 Å². The molecule has 0 spiro atoms. The molecule has 4 rings (SSSR count). The molecule has 0 unspecified atom stereocenters. The second-order valence-electron chi connectivity index (χ2n) is 6.73. The molecule has 0 N–H and O–H groups in total. The van der Waals surface area contributed by atoms with Crippen LogP contribution in [0.3, 0.4) is 0 Å². The summed E-state index contributed by atoms with van der Waals surface area (Å²) in [5, 5.41) is 0. The van der Waals surface area contributed by atoms with Crippen LogP contribution in [0.1, 0.15) is 5.56 Å². The Morgan fingerprint density at radius 1 is 0.793 bits per heavy atom. The maximum Gasteiger partial charge on any atom is 0.285 e. The van der Waals surface area contributed by atoms with Crippen molar-refractivity contribution in [2.24, 2.45) is 11.4 Å². The van der Waals surface area contributed by atoms with Crippen LogP contribution in [-0.2, 0) is 17.1 Å². The average Bonchev–Trinajstić information content (AvgIpc) is 3.05. The van der Waals surface area contributed by atoms with E-state index in [0.29, 0.717) is 4.80 Å². The zero-order valence-corrected chi connectivity index (χ0v) is 17.7. The second-order valence-corrected chi connectivity index (χ2v) is 9.31. The van der Waals surface area contributed by atoms with Gasteiger partial charge in [0.1, 0.15) is 0 Å². The maximum absolute atomic E-state index is 12.8. The minimum Gasteiger partial charge on any atom is -0.318 e. The number of rotatable bonds is 4. The fourth-order valence-electron chi connectivity index (χ4n) is 3.11. The summed E-state index contributed by atoms with van der Waals surface area (Å²) in [5.74, 6) is 0. The molecule has 0 bridgehead atoms. The Morgan fingerprint density at radius 3 is 2.00 bits per heavy atom. The molecule has 0 saturated heterocycles. The van der Waals surface area contributed by atoms with Crippen molar-refractivity contribution in [2.45, 2.75) is 11.8 Å². The van der Waals surface area contributed by atoms with Gasteiger partial charge in [-0.3, -0.25) is 0 Å². The lowest BCUT2D eigenvalue weighted by Crippen LogP contribution is -2.14. The van der Waals surface area contributed by atoms with Gasteiger partial charge in [-0.15, -0.1) is 4.40 Å². The lowest BCUT2D eigenvalue weighted by atomic mass is 10.1. The molecule has 0 saturated carbocycles. The Kier molecular flexibility index (Phi) is 5.22. The Hall–Kier alpha value is -2.96. The zero-order valence-electron chi connectivity index (χ0n) is 16.1. The number of aromatic nitrogens is 1.